The lowest BCUT2D eigenvalue weighted by molar-refractivity contribution is -0.141. The highest BCUT2D eigenvalue weighted by molar-refractivity contribution is 6.31. The molecule has 1 aromatic carbocycles. The molecule has 0 atom stereocenters. The van der Waals surface area contributed by atoms with Crippen LogP contribution in [0.3, 0.4) is 0 Å². The van der Waals surface area contributed by atoms with Crippen molar-refractivity contribution in [2.24, 2.45) is 5.41 Å². The number of halogens is 4. The molecule has 0 N–H and O–H groups in total. The molecule has 2 nitrogen and oxygen atoms in total. The van der Waals surface area contributed by atoms with Crippen molar-refractivity contribution in [1.82, 2.24) is 4.98 Å². The third-order valence-corrected chi connectivity index (χ3v) is 3.65. The number of benzene rings is 1. The number of aromatic nitrogens is 1. The van der Waals surface area contributed by atoms with Gasteiger partial charge in [-0.25, -0.2) is 4.98 Å². The largest absolute Gasteiger partial charge is 0.493 e. The van der Waals surface area contributed by atoms with E-state index in [-0.39, 0.29) is 16.7 Å². The summed E-state index contributed by atoms with van der Waals surface area (Å²) in [4.78, 5) is 3.74. The molecule has 6 heteroatoms. The zero-order valence-corrected chi connectivity index (χ0v) is 14.3. The Balaban J connectivity index is 2.51. The summed E-state index contributed by atoms with van der Waals surface area (Å²) in [5, 5.41) is 0.939. The summed E-state index contributed by atoms with van der Waals surface area (Å²) < 4.78 is 44.9. The molecule has 0 aliphatic heterocycles. The van der Waals surface area contributed by atoms with Crippen molar-refractivity contribution in [1.29, 1.82) is 0 Å². The smallest absolute Gasteiger partial charge is 0.433 e. The van der Waals surface area contributed by atoms with Crippen LogP contribution in [0.1, 0.15) is 38.4 Å². The fraction of sp³-hybridized carbons (Fsp3) is 0.471. The standard InChI is InChI=1S/C17H19ClF3NO/c1-10-7-11(18)8-12-13(23-6-5-16(2,3)4)9-14(17(19,20)21)22-15(10)12/h7-9H,5-6H2,1-4H3. The quantitative estimate of drug-likeness (QED) is 0.677. The molecule has 0 radical (unpaired) electrons. The van der Waals surface area contributed by atoms with Crippen molar-refractivity contribution in [3.63, 3.8) is 0 Å². The van der Waals surface area contributed by atoms with Gasteiger partial charge in [-0.3, -0.25) is 0 Å². The van der Waals surface area contributed by atoms with Crippen LogP contribution in [0.5, 0.6) is 5.75 Å². The van der Waals surface area contributed by atoms with Gasteiger partial charge in [0.1, 0.15) is 11.4 Å². The Morgan fingerprint density at radius 3 is 2.35 bits per heavy atom. The Morgan fingerprint density at radius 2 is 1.78 bits per heavy atom. The first-order chi connectivity index (χ1) is 10.5. The topological polar surface area (TPSA) is 22.1 Å². The van der Waals surface area contributed by atoms with Crippen LogP contribution in [0.2, 0.25) is 5.02 Å². The minimum absolute atomic E-state index is 0.0310. The van der Waals surface area contributed by atoms with Gasteiger partial charge in [0.2, 0.25) is 0 Å². The number of hydrogen-bond donors (Lipinski definition) is 0. The molecule has 0 spiro atoms. The minimum atomic E-state index is -4.53. The molecule has 1 heterocycles. The van der Waals surface area contributed by atoms with Crippen LogP contribution >= 0.6 is 11.6 Å². The Kier molecular flexibility index (Phi) is 4.81. The van der Waals surface area contributed by atoms with E-state index in [1.54, 1.807) is 19.1 Å². The van der Waals surface area contributed by atoms with Crippen molar-refractivity contribution in [3.05, 3.63) is 34.5 Å². The zero-order chi connectivity index (χ0) is 17.4. The van der Waals surface area contributed by atoms with E-state index in [2.05, 4.69) is 4.98 Å². The van der Waals surface area contributed by atoms with Crippen LogP contribution in [0.25, 0.3) is 10.9 Å². The molecule has 0 unspecified atom stereocenters. The van der Waals surface area contributed by atoms with Crippen LogP contribution in [-0.4, -0.2) is 11.6 Å². The number of ether oxygens (including phenoxy) is 1. The number of hydrogen-bond acceptors (Lipinski definition) is 2. The summed E-state index contributed by atoms with van der Waals surface area (Å²) >= 11 is 6.03. The van der Waals surface area contributed by atoms with E-state index in [0.29, 0.717) is 22.6 Å². The Bertz CT molecular complexity index is 720. The van der Waals surface area contributed by atoms with Crippen molar-refractivity contribution < 1.29 is 17.9 Å². The van der Waals surface area contributed by atoms with Gasteiger partial charge in [-0.05, 0) is 36.5 Å². The highest BCUT2D eigenvalue weighted by Gasteiger charge is 2.34. The summed E-state index contributed by atoms with van der Waals surface area (Å²) in [7, 11) is 0. The second-order valence-electron chi connectivity index (χ2n) is 6.78. The van der Waals surface area contributed by atoms with E-state index in [4.69, 9.17) is 16.3 Å². The molecule has 2 aromatic rings. The maximum Gasteiger partial charge on any atom is 0.433 e. The van der Waals surface area contributed by atoms with Gasteiger partial charge in [-0.1, -0.05) is 32.4 Å². The molecule has 23 heavy (non-hydrogen) atoms. The van der Waals surface area contributed by atoms with Crippen molar-refractivity contribution in [2.45, 2.75) is 40.3 Å². The first-order valence-corrected chi connectivity index (χ1v) is 7.66. The third-order valence-electron chi connectivity index (χ3n) is 3.43. The number of fused-ring (bicyclic) bond motifs is 1. The fourth-order valence-electron chi connectivity index (χ4n) is 2.16. The van der Waals surface area contributed by atoms with Gasteiger partial charge in [0.15, 0.2) is 0 Å². The molecule has 0 saturated carbocycles. The van der Waals surface area contributed by atoms with E-state index in [0.717, 1.165) is 12.5 Å². The zero-order valence-electron chi connectivity index (χ0n) is 13.5. The fourth-order valence-corrected chi connectivity index (χ4v) is 2.43. The van der Waals surface area contributed by atoms with E-state index in [9.17, 15) is 13.2 Å². The lowest BCUT2D eigenvalue weighted by Crippen LogP contribution is -2.13. The molecule has 1 aromatic heterocycles. The number of rotatable bonds is 3. The van der Waals surface area contributed by atoms with Gasteiger partial charge >= 0.3 is 6.18 Å². The van der Waals surface area contributed by atoms with Gasteiger partial charge in [0.25, 0.3) is 0 Å². The number of pyridine rings is 1. The number of aryl methyl sites for hydroxylation is 1. The monoisotopic (exact) mass is 345 g/mol. The predicted molar refractivity (Wildman–Crippen MR) is 86.1 cm³/mol. The molecular weight excluding hydrogens is 327 g/mol. The van der Waals surface area contributed by atoms with Crippen molar-refractivity contribution in [2.75, 3.05) is 6.61 Å². The average Bonchev–Trinajstić information content (AvgIpc) is 2.36. The molecule has 0 bridgehead atoms. The lowest BCUT2D eigenvalue weighted by atomic mass is 9.93. The van der Waals surface area contributed by atoms with Crippen molar-refractivity contribution >= 4 is 22.5 Å². The Hall–Kier alpha value is -1.49. The first kappa shape index (κ1) is 17.9. The van der Waals surface area contributed by atoms with Crippen LogP contribution in [0.4, 0.5) is 13.2 Å². The third kappa shape index (κ3) is 4.50. The Morgan fingerprint density at radius 1 is 1.13 bits per heavy atom. The lowest BCUT2D eigenvalue weighted by Gasteiger charge is -2.19. The molecule has 0 aliphatic rings. The molecule has 0 amide bonds. The molecular formula is C17H19ClF3NO. The summed E-state index contributed by atoms with van der Waals surface area (Å²) in [6.07, 6.45) is -3.81. The maximum atomic E-state index is 13.1. The maximum absolute atomic E-state index is 13.1. The van der Waals surface area contributed by atoms with Crippen LogP contribution in [-0.2, 0) is 6.18 Å². The minimum Gasteiger partial charge on any atom is -0.493 e. The van der Waals surface area contributed by atoms with E-state index < -0.39 is 11.9 Å². The highest BCUT2D eigenvalue weighted by atomic mass is 35.5. The molecule has 126 valence electrons. The Labute approximate surface area is 138 Å². The SMILES string of the molecule is Cc1cc(Cl)cc2c(OCCC(C)(C)C)cc(C(F)(F)F)nc12. The summed E-state index contributed by atoms with van der Waals surface area (Å²) in [6, 6.07) is 4.13. The normalized spacial score (nSPS) is 12.7. The molecule has 0 aliphatic carbocycles. The van der Waals surface area contributed by atoms with Gasteiger partial charge in [0.05, 0.1) is 12.1 Å². The molecule has 0 saturated heterocycles. The van der Waals surface area contributed by atoms with Crippen LogP contribution in [0, 0.1) is 12.3 Å². The molecule has 0 fully saturated rings. The summed E-state index contributed by atoms with van der Waals surface area (Å²) in [5.41, 5.74) is -0.0843. The number of nitrogens with zero attached hydrogens (tertiary/aromatic N) is 1. The van der Waals surface area contributed by atoms with Gasteiger partial charge < -0.3 is 4.74 Å². The van der Waals surface area contributed by atoms with E-state index in [1.807, 2.05) is 20.8 Å². The molecule has 2 rings (SSSR count). The van der Waals surface area contributed by atoms with Crippen LogP contribution in [0.15, 0.2) is 18.2 Å². The predicted octanol–water partition coefficient (Wildman–Crippen LogP) is 6.03. The average molecular weight is 346 g/mol. The van der Waals surface area contributed by atoms with Gasteiger partial charge in [-0.15, -0.1) is 0 Å². The van der Waals surface area contributed by atoms with Gasteiger partial charge in [-0.2, -0.15) is 13.2 Å². The van der Waals surface area contributed by atoms with E-state index >= 15 is 0 Å². The number of alkyl halides is 3. The van der Waals surface area contributed by atoms with Crippen molar-refractivity contribution in [3.8, 4) is 5.75 Å². The highest BCUT2D eigenvalue weighted by Crippen LogP contribution is 2.36. The van der Waals surface area contributed by atoms with Gasteiger partial charge in [0, 0.05) is 16.5 Å². The van der Waals surface area contributed by atoms with E-state index in [1.165, 1.54) is 0 Å². The second kappa shape index (κ2) is 6.19. The first-order valence-electron chi connectivity index (χ1n) is 7.28. The second-order valence-corrected chi connectivity index (χ2v) is 7.22. The summed E-state index contributed by atoms with van der Waals surface area (Å²) in [6.45, 7) is 8.14. The van der Waals surface area contributed by atoms with Crippen LogP contribution < -0.4 is 4.74 Å². The summed E-state index contributed by atoms with van der Waals surface area (Å²) in [5.74, 6) is 0.164.